The summed E-state index contributed by atoms with van der Waals surface area (Å²) >= 11 is 3.34. The molecule has 0 saturated carbocycles. The molecule has 1 aromatic rings. The fraction of sp³-hybridized carbons (Fsp3) is 0.333. The molecule has 2 atom stereocenters. The maximum absolute atomic E-state index is 11.3. The van der Waals surface area contributed by atoms with Crippen LogP contribution in [-0.2, 0) is 4.74 Å². The maximum Gasteiger partial charge on any atom is 0.218 e. The van der Waals surface area contributed by atoms with Crippen LogP contribution in [0.1, 0.15) is 11.8 Å². The van der Waals surface area contributed by atoms with Gasteiger partial charge in [-0.25, -0.2) is 0 Å². The summed E-state index contributed by atoms with van der Waals surface area (Å²) in [5.41, 5.74) is 0.950. The first kappa shape index (κ1) is 9.15. The third-order valence-corrected chi connectivity index (χ3v) is 2.63. The van der Waals surface area contributed by atoms with Gasteiger partial charge in [0.1, 0.15) is 13.2 Å². The predicted molar refractivity (Wildman–Crippen MR) is 52.0 cm³/mol. The third-order valence-electron chi connectivity index (χ3n) is 2.10. The molecule has 1 aliphatic heterocycles. The van der Waals surface area contributed by atoms with Gasteiger partial charge in [0, 0.05) is 10.0 Å². The van der Waals surface area contributed by atoms with Gasteiger partial charge in [0.05, 0.1) is 0 Å². The van der Waals surface area contributed by atoms with Crippen LogP contribution in [0.5, 0.6) is 0 Å². The highest BCUT2D eigenvalue weighted by Crippen LogP contribution is 2.17. The van der Waals surface area contributed by atoms with Crippen LogP contribution >= 0.6 is 15.9 Å². The number of nitrogens with one attached hydrogen (secondary N) is 1. The number of hydrogen-bond donors (Lipinski definition) is 1. The number of halogens is 1. The Morgan fingerprint density at radius 2 is 2.08 bits per heavy atom. The van der Waals surface area contributed by atoms with Gasteiger partial charge in [-0.15, -0.1) is 0 Å². The van der Waals surface area contributed by atoms with E-state index in [9.17, 15) is 5.21 Å². The molecule has 2 unspecified atom stereocenters. The van der Waals surface area contributed by atoms with Crippen LogP contribution in [0.3, 0.4) is 0 Å². The van der Waals surface area contributed by atoms with Gasteiger partial charge >= 0.3 is 0 Å². The van der Waals surface area contributed by atoms with Gasteiger partial charge in [0.15, 0.2) is 0 Å². The number of ether oxygens (including phenoxy) is 1. The quantitative estimate of drug-likeness (QED) is 0.744. The zero-order valence-corrected chi connectivity index (χ0v) is 8.58. The number of quaternary nitrogens is 1. The first-order chi connectivity index (χ1) is 6.27. The summed E-state index contributed by atoms with van der Waals surface area (Å²) in [4.78, 5) is 0. The molecular weight excluding hydrogens is 234 g/mol. The van der Waals surface area contributed by atoms with Crippen molar-refractivity contribution in [2.24, 2.45) is 0 Å². The number of rotatable bonds is 1. The molecule has 0 radical (unpaired) electrons. The highest BCUT2D eigenvalue weighted by Gasteiger charge is 2.24. The molecule has 1 N–H and O–H groups in total. The summed E-state index contributed by atoms with van der Waals surface area (Å²) in [5.74, 6) is 0. The van der Waals surface area contributed by atoms with Crippen LogP contribution < -0.4 is 5.06 Å². The second kappa shape index (κ2) is 3.75. The molecule has 3 nitrogen and oxygen atoms in total. The van der Waals surface area contributed by atoms with E-state index in [-0.39, 0.29) is 11.3 Å². The van der Waals surface area contributed by atoms with Gasteiger partial charge in [-0.3, -0.25) is 0 Å². The Balaban J connectivity index is 2.20. The number of hydrogen-bond acceptors (Lipinski definition) is 2. The van der Waals surface area contributed by atoms with E-state index in [0.29, 0.717) is 13.2 Å². The molecule has 0 amide bonds. The van der Waals surface area contributed by atoms with Crippen molar-refractivity contribution in [2.45, 2.75) is 6.23 Å². The monoisotopic (exact) mass is 243 g/mol. The van der Waals surface area contributed by atoms with Crippen molar-refractivity contribution in [1.29, 1.82) is 0 Å². The summed E-state index contributed by atoms with van der Waals surface area (Å²) in [6.45, 7) is 1.10. The van der Waals surface area contributed by atoms with Crippen LogP contribution in [0.2, 0.25) is 0 Å². The van der Waals surface area contributed by atoms with E-state index >= 15 is 0 Å². The van der Waals surface area contributed by atoms with Gasteiger partial charge in [-0.1, -0.05) is 15.9 Å². The Kier molecular flexibility index (Phi) is 2.64. The molecule has 0 aromatic heterocycles. The van der Waals surface area contributed by atoms with Crippen molar-refractivity contribution in [3.8, 4) is 0 Å². The number of benzene rings is 1. The van der Waals surface area contributed by atoms with E-state index in [0.717, 1.165) is 10.0 Å². The molecule has 0 aliphatic carbocycles. The van der Waals surface area contributed by atoms with Crippen molar-refractivity contribution < 1.29 is 9.80 Å². The highest BCUT2D eigenvalue weighted by atomic mass is 79.9. The SMILES string of the molecule is [O-][NH+]1CCOC1c1ccc(Br)cc1. The molecule has 4 heteroatoms. The van der Waals surface area contributed by atoms with E-state index in [1.807, 2.05) is 24.3 Å². The maximum atomic E-state index is 11.3. The van der Waals surface area contributed by atoms with E-state index in [2.05, 4.69) is 15.9 Å². The van der Waals surface area contributed by atoms with Crippen molar-refractivity contribution in [3.05, 3.63) is 39.5 Å². The molecule has 2 rings (SSSR count). The lowest BCUT2D eigenvalue weighted by Crippen LogP contribution is -3.05. The second-order valence-electron chi connectivity index (χ2n) is 3.02. The molecule has 1 heterocycles. The predicted octanol–water partition coefficient (Wildman–Crippen LogP) is 0.861. The summed E-state index contributed by atoms with van der Waals surface area (Å²) < 4.78 is 6.34. The topological polar surface area (TPSA) is 36.7 Å². The fourth-order valence-electron chi connectivity index (χ4n) is 1.42. The molecule has 1 saturated heterocycles. The van der Waals surface area contributed by atoms with Crippen LogP contribution in [0.15, 0.2) is 28.7 Å². The van der Waals surface area contributed by atoms with Gasteiger partial charge in [0.25, 0.3) is 0 Å². The Bertz CT molecular complexity index is 288. The van der Waals surface area contributed by atoms with Crippen molar-refractivity contribution >= 4 is 15.9 Å². The summed E-state index contributed by atoms with van der Waals surface area (Å²) in [7, 11) is 0. The smallest absolute Gasteiger partial charge is 0.218 e. The highest BCUT2D eigenvalue weighted by molar-refractivity contribution is 9.10. The second-order valence-corrected chi connectivity index (χ2v) is 3.93. The van der Waals surface area contributed by atoms with Crippen molar-refractivity contribution in [1.82, 2.24) is 0 Å². The zero-order chi connectivity index (χ0) is 9.26. The minimum Gasteiger partial charge on any atom is -0.632 e. The standard InChI is InChI=1S/C9H10BrNO2/c10-8-3-1-7(2-4-8)9-11(12)5-6-13-9/h1-4,9,11H,5-6H2. The summed E-state index contributed by atoms with van der Waals surface area (Å²) in [5, 5.41) is 11.5. The largest absolute Gasteiger partial charge is 0.632 e. The van der Waals surface area contributed by atoms with Crippen LogP contribution in [-0.4, -0.2) is 13.2 Å². The molecule has 0 spiro atoms. The lowest BCUT2D eigenvalue weighted by Gasteiger charge is -2.22. The Labute approximate surface area is 85.0 Å². The average molecular weight is 244 g/mol. The molecule has 70 valence electrons. The third kappa shape index (κ3) is 1.91. The first-order valence-electron chi connectivity index (χ1n) is 4.17. The van der Waals surface area contributed by atoms with E-state index in [4.69, 9.17) is 4.74 Å². The van der Waals surface area contributed by atoms with Crippen LogP contribution in [0.25, 0.3) is 0 Å². The molecule has 0 bridgehead atoms. The molecule has 1 aromatic carbocycles. The van der Waals surface area contributed by atoms with E-state index < -0.39 is 0 Å². The van der Waals surface area contributed by atoms with Gasteiger partial charge < -0.3 is 15.0 Å². The first-order valence-corrected chi connectivity index (χ1v) is 4.96. The molecule has 13 heavy (non-hydrogen) atoms. The van der Waals surface area contributed by atoms with Gasteiger partial charge in [-0.2, -0.15) is 0 Å². The Morgan fingerprint density at radius 1 is 1.38 bits per heavy atom. The average Bonchev–Trinajstić information content (AvgIpc) is 2.53. The lowest BCUT2D eigenvalue weighted by molar-refractivity contribution is -0.882. The van der Waals surface area contributed by atoms with Gasteiger partial charge in [-0.05, 0) is 24.3 Å². The van der Waals surface area contributed by atoms with Gasteiger partial charge in [0.2, 0.25) is 6.23 Å². The Hall–Kier alpha value is -0.420. The normalized spacial score (nSPS) is 27.8. The number of hydroxylamine groups is 2. The zero-order valence-electron chi connectivity index (χ0n) is 7.00. The van der Waals surface area contributed by atoms with Crippen LogP contribution in [0, 0.1) is 5.21 Å². The molecule has 1 aliphatic rings. The van der Waals surface area contributed by atoms with Crippen LogP contribution in [0.4, 0.5) is 0 Å². The van der Waals surface area contributed by atoms with E-state index in [1.165, 1.54) is 0 Å². The minimum atomic E-state index is -0.326. The lowest BCUT2D eigenvalue weighted by atomic mass is 10.2. The van der Waals surface area contributed by atoms with Crippen molar-refractivity contribution in [3.63, 3.8) is 0 Å². The fourth-order valence-corrected chi connectivity index (χ4v) is 1.69. The van der Waals surface area contributed by atoms with E-state index in [1.54, 1.807) is 0 Å². The molecule has 1 fully saturated rings. The molecular formula is C9H10BrNO2. The minimum absolute atomic E-state index is 0.183. The summed E-state index contributed by atoms with van der Waals surface area (Å²) in [6, 6.07) is 7.67. The Morgan fingerprint density at radius 3 is 2.62 bits per heavy atom. The van der Waals surface area contributed by atoms with Crippen molar-refractivity contribution in [2.75, 3.05) is 13.2 Å². The summed E-state index contributed by atoms with van der Waals surface area (Å²) in [6.07, 6.45) is -0.326.